The Labute approximate surface area is 180 Å². The molecule has 0 spiro atoms. The molecule has 2 aliphatic rings. The fraction of sp³-hybridized carbons (Fsp3) is 0.652. The maximum atomic E-state index is 11.7. The lowest BCUT2D eigenvalue weighted by molar-refractivity contribution is -0.127. The molecule has 0 bridgehead atoms. The van der Waals surface area contributed by atoms with E-state index in [-0.39, 0.29) is 5.91 Å². The average molecular weight is 417 g/mol. The van der Waals surface area contributed by atoms with Crippen LogP contribution in [-0.2, 0) is 11.3 Å². The predicted octanol–water partition coefficient (Wildman–Crippen LogP) is 3.08. The van der Waals surface area contributed by atoms with Crippen LogP contribution in [0.3, 0.4) is 0 Å². The van der Waals surface area contributed by atoms with E-state index in [1.807, 2.05) is 23.1 Å². The van der Waals surface area contributed by atoms with Gasteiger partial charge in [-0.3, -0.25) is 4.79 Å². The lowest BCUT2D eigenvalue weighted by Gasteiger charge is -2.17. The van der Waals surface area contributed by atoms with Crippen molar-refractivity contribution in [2.24, 2.45) is 4.99 Å². The Morgan fingerprint density at radius 3 is 2.73 bits per heavy atom. The summed E-state index contributed by atoms with van der Waals surface area (Å²) in [4.78, 5) is 18.4. The second-order valence-electron chi connectivity index (χ2n) is 7.97. The number of hydrogen-bond acceptors (Lipinski definition) is 4. The summed E-state index contributed by atoms with van der Waals surface area (Å²) in [6.45, 7) is 5.91. The number of nitrogens with zero attached hydrogens (tertiary/aromatic N) is 2. The Kier molecular flexibility index (Phi) is 8.66. The summed E-state index contributed by atoms with van der Waals surface area (Å²) in [5, 5.41) is 6.66. The van der Waals surface area contributed by atoms with E-state index >= 15 is 0 Å². The van der Waals surface area contributed by atoms with Crippen LogP contribution >= 0.6 is 0 Å². The fourth-order valence-electron chi connectivity index (χ4n) is 4.03. The number of hydrogen-bond donors (Lipinski definition) is 2. The van der Waals surface area contributed by atoms with Crippen LogP contribution in [-0.4, -0.2) is 56.2 Å². The molecule has 0 unspecified atom stereocenters. The van der Waals surface area contributed by atoms with E-state index in [0.717, 1.165) is 74.9 Å². The van der Waals surface area contributed by atoms with Crippen LogP contribution in [0.5, 0.6) is 11.5 Å². The van der Waals surface area contributed by atoms with Crippen LogP contribution < -0.4 is 20.1 Å². The number of rotatable bonds is 10. The van der Waals surface area contributed by atoms with Gasteiger partial charge >= 0.3 is 0 Å². The Balaban J connectivity index is 1.53. The van der Waals surface area contributed by atoms with Crippen molar-refractivity contribution < 1.29 is 14.3 Å². The predicted molar refractivity (Wildman–Crippen MR) is 119 cm³/mol. The summed E-state index contributed by atoms with van der Waals surface area (Å²) in [6, 6.07) is 6.04. The molecule has 1 saturated carbocycles. The first kappa shape index (κ1) is 22.2. The van der Waals surface area contributed by atoms with Gasteiger partial charge in [0.25, 0.3) is 0 Å². The van der Waals surface area contributed by atoms with Crippen molar-refractivity contribution in [2.45, 2.75) is 64.5 Å². The minimum Gasteiger partial charge on any atom is -0.493 e. The lowest BCUT2D eigenvalue weighted by Crippen LogP contribution is -2.39. The molecule has 1 aromatic carbocycles. The zero-order chi connectivity index (χ0) is 21.2. The quantitative estimate of drug-likeness (QED) is 0.348. The van der Waals surface area contributed by atoms with Gasteiger partial charge in [-0.2, -0.15) is 0 Å². The van der Waals surface area contributed by atoms with E-state index in [4.69, 9.17) is 14.5 Å². The number of aliphatic imine (C=N–C) groups is 1. The first-order valence-corrected chi connectivity index (χ1v) is 11.3. The van der Waals surface area contributed by atoms with Crippen LogP contribution in [0.4, 0.5) is 0 Å². The summed E-state index contributed by atoms with van der Waals surface area (Å²) in [5.74, 6) is 2.66. The van der Waals surface area contributed by atoms with Gasteiger partial charge in [-0.05, 0) is 63.1 Å². The number of benzene rings is 1. The first-order chi connectivity index (χ1) is 14.7. The van der Waals surface area contributed by atoms with Gasteiger partial charge < -0.3 is 25.0 Å². The number of guanidine groups is 1. The highest BCUT2D eigenvalue weighted by molar-refractivity contribution is 5.80. The van der Waals surface area contributed by atoms with E-state index in [2.05, 4.69) is 17.6 Å². The van der Waals surface area contributed by atoms with E-state index < -0.39 is 0 Å². The molecule has 0 atom stereocenters. The van der Waals surface area contributed by atoms with Gasteiger partial charge in [0, 0.05) is 32.6 Å². The Morgan fingerprint density at radius 1 is 1.20 bits per heavy atom. The summed E-state index contributed by atoms with van der Waals surface area (Å²) in [5.41, 5.74) is 1.09. The van der Waals surface area contributed by atoms with Crippen molar-refractivity contribution in [2.75, 3.05) is 33.3 Å². The molecule has 0 radical (unpaired) electrons. The third-order valence-corrected chi connectivity index (χ3v) is 5.66. The van der Waals surface area contributed by atoms with E-state index in [1.54, 1.807) is 7.11 Å². The molecule has 2 N–H and O–H groups in total. The number of likely N-dealkylation sites (tertiary alicyclic amines) is 1. The van der Waals surface area contributed by atoms with Crippen molar-refractivity contribution in [3.8, 4) is 11.5 Å². The molecule has 1 aliphatic heterocycles. The van der Waals surface area contributed by atoms with Gasteiger partial charge in [-0.25, -0.2) is 4.99 Å². The topological polar surface area (TPSA) is 75.2 Å². The van der Waals surface area contributed by atoms with Crippen LogP contribution in [0.2, 0.25) is 0 Å². The first-order valence-electron chi connectivity index (χ1n) is 11.3. The number of nitrogens with one attached hydrogen (secondary N) is 2. The molecular formula is C23H36N4O3. The van der Waals surface area contributed by atoms with Gasteiger partial charge in [-0.1, -0.05) is 6.07 Å². The van der Waals surface area contributed by atoms with E-state index in [1.165, 1.54) is 12.8 Å². The van der Waals surface area contributed by atoms with E-state index in [0.29, 0.717) is 19.1 Å². The third-order valence-electron chi connectivity index (χ3n) is 5.66. The Hall–Kier alpha value is -2.44. The van der Waals surface area contributed by atoms with Crippen LogP contribution in [0.1, 0.15) is 57.4 Å². The smallest absolute Gasteiger partial charge is 0.222 e. The second-order valence-corrected chi connectivity index (χ2v) is 7.97. The van der Waals surface area contributed by atoms with Crippen LogP contribution in [0, 0.1) is 0 Å². The minimum absolute atomic E-state index is 0.283. The molecule has 7 nitrogen and oxygen atoms in total. The summed E-state index contributed by atoms with van der Waals surface area (Å²) in [7, 11) is 1.68. The summed E-state index contributed by atoms with van der Waals surface area (Å²) >= 11 is 0. The van der Waals surface area contributed by atoms with E-state index in [9.17, 15) is 4.79 Å². The zero-order valence-electron chi connectivity index (χ0n) is 18.4. The molecule has 3 rings (SSSR count). The highest BCUT2D eigenvalue weighted by Crippen LogP contribution is 2.32. The maximum Gasteiger partial charge on any atom is 0.222 e. The highest BCUT2D eigenvalue weighted by Gasteiger charge is 2.19. The average Bonchev–Trinajstić information content (AvgIpc) is 3.41. The highest BCUT2D eigenvalue weighted by atomic mass is 16.5. The molecular weight excluding hydrogens is 380 g/mol. The largest absolute Gasteiger partial charge is 0.493 e. The van der Waals surface area contributed by atoms with Crippen LogP contribution in [0.25, 0.3) is 0 Å². The van der Waals surface area contributed by atoms with Gasteiger partial charge in [0.05, 0.1) is 19.8 Å². The molecule has 1 heterocycles. The third kappa shape index (κ3) is 6.54. The van der Waals surface area contributed by atoms with Crippen LogP contribution in [0.15, 0.2) is 23.2 Å². The monoisotopic (exact) mass is 416 g/mol. The Morgan fingerprint density at radius 2 is 2.03 bits per heavy atom. The standard InChI is InChI=1S/C23H36N4O3/c1-3-24-23(25-13-7-15-27-14-6-10-22(27)28)26-17-18-11-12-20(29-2)21(16-18)30-19-8-4-5-9-19/h11-12,16,19H,3-10,13-15,17H2,1-2H3,(H2,24,25,26). The molecule has 7 heteroatoms. The molecule has 1 aliphatic carbocycles. The molecule has 1 amide bonds. The second kappa shape index (κ2) is 11.7. The van der Waals surface area contributed by atoms with Crippen molar-refractivity contribution in [1.29, 1.82) is 0 Å². The summed E-state index contributed by atoms with van der Waals surface area (Å²) in [6.07, 6.45) is 7.60. The number of amides is 1. The zero-order valence-corrected chi connectivity index (χ0v) is 18.4. The molecule has 30 heavy (non-hydrogen) atoms. The van der Waals surface area contributed by atoms with Crippen molar-refractivity contribution in [3.63, 3.8) is 0 Å². The molecule has 2 fully saturated rings. The number of carbonyl (C=O) groups excluding carboxylic acids is 1. The SMILES string of the molecule is CCNC(=NCc1ccc(OC)c(OC2CCCC2)c1)NCCCN1CCCC1=O. The fourth-order valence-corrected chi connectivity index (χ4v) is 4.03. The van der Waals surface area contributed by atoms with Crippen molar-refractivity contribution in [3.05, 3.63) is 23.8 Å². The number of methoxy groups -OCH3 is 1. The maximum absolute atomic E-state index is 11.7. The lowest BCUT2D eigenvalue weighted by atomic mass is 10.2. The Bertz CT molecular complexity index is 716. The van der Waals surface area contributed by atoms with Gasteiger partial charge in [-0.15, -0.1) is 0 Å². The summed E-state index contributed by atoms with van der Waals surface area (Å²) < 4.78 is 11.7. The van der Waals surface area contributed by atoms with Crippen molar-refractivity contribution in [1.82, 2.24) is 15.5 Å². The van der Waals surface area contributed by atoms with Gasteiger partial charge in [0.1, 0.15) is 0 Å². The minimum atomic E-state index is 0.283. The molecule has 1 saturated heterocycles. The number of ether oxygens (including phenoxy) is 2. The number of carbonyl (C=O) groups is 1. The normalized spacial score (nSPS) is 17.5. The molecule has 0 aromatic heterocycles. The van der Waals surface area contributed by atoms with Gasteiger partial charge in [0.15, 0.2) is 17.5 Å². The molecule has 166 valence electrons. The van der Waals surface area contributed by atoms with Crippen molar-refractivity contribution >= 4 is 11.9 Å². The van der Waals surface area contributed by atoms with Gasteiger partial charge in [0.2, 0.25) is 5.91 Å². The molecule has 1 aromatic rings.